The molecule has 0 spiro atoms. The highest BCUT2D eigenvalue weighted by atomic mass is 19.1. The van der Waals surface area contributed by atoms with E-state index in [1.165, 1.54) is 5.56 Å². The number of aromatic nitrogens is 2. The summed E-state index contributed by atoms with van der Waals surface area (Å²) in [4.78, 5) is 4.13. The lowest BCUT2D eigenvalue weighted by Gasteiger charge is -2.32. The summed E-state index contributed by atoms with van der Waals surface area (Å²) >= 11 is 0. The van der Waals surface area contributed by atoms with Crippen LogP contribution in [-0.4, -0.2) is 16.2 Å². The maximum absolute atomic E-state index is 14.6. The topological polar surface area (TPSA) is 39.1 Å². The van der Waals surface area contributed by atoms with Crippen LogP contribution < -0.4 is 10.1 Å². The molecule has 1 aromatic heterocycles. The van der Waals surface area contributed by atoms with E-state index in [1.54, 1.807) is 18.3 Å². The smallest absolute Gasteiger partial charge is 0.128 e. The molecule has 2 aromatic carbocycles. The summed E-state index contributed by atoms with van der Waals surface area (Å²) in [7, 11) is 0. The summed E-state index contributed by atoms with van der Waals surface area (Å²) in [6.07, 6.45) is 9.72. The molecule has 1 saturated carbocycles. The average molecular weight is 394 g/mol. The third-order valence-electron chi connectivity index (χ3n) is 5.81. The van der Waals surface area contributed by atoms with E-state index < -0.39 is 0 Å². The van der Waals surface area contributed by atoms with Crippen LogP contribution in [0.2, 0.25) is 0 Å². The number of hydrogen-bond acceptors (Lipinski definition) is 3. The number of halogens is 1. The van der Waals surface area contributed by atoms with Crippen LogP contribution in [-0.2, 0) is 18.6 Å². The van der Waals surface area contributed by atoms with Crippen LogP contribution in [0.1, 0.15) is 49.3 Å². The van der Waals surface area contributed by atoms with Gasteiger partial charge in [0, 0.05) is 35.6 Å². The third-order valence-corrected chi connectivity index (χ3v) is 5.81. The Hall–Kier alpha value is -2.66. The van der Waals surface area contributed by atoms with Crippen molar-refractivity contribution in [1.29, 1.82) is 0 Å². The predicted octanol–water partition coefficient (Wildman–Crippen LogP) is 5.03. The van der Waals surface area contributed by atoms with Crippen molar-refractivity contribution >= 4 is 0 Å². The fourth-order valence-corrected chi connectivity index (χ4v) is 4.38. The van der Waals surface area contributed by atoms with Crippen molar-refractivity contribution in [3.8, 4) is 5.75 Å². The molecule has 1 aliphatic rings. The quantitative estimate of drug-likeness (QED) is 0.583. The fourth-order valence-electron chi connectivity index (χ4n) is 4.38. The second-order valence-electron chi connectivity index (χ2n) is 7.73. The van der Waals surface area contributed by atoms with Crippen molar-refractivity contribution < 1.29 is 9.13 Å². The monoisotopic (exact) mass is 393 g/mol. The zero-order valence-corrected chi connectivity index (χ0v) is 16.9. The van der Waals surface area contributed by atoms with E-state index in [0.717, 1.165) is 42.6 Å². The summed E-state index contributed by atoms with van der Waals surface area (Å²) in [5.74, 6) is 0.782. The molecule has 0 unspecified atom stereocenters. The van der Waals surface area contributed by atoms with Crippen molar-refractivity contribution in [2.24, 2.45) is 0 Å². The molecule has 4 rings (SSSR count). The summed E-state index contributed by atoms with van der Waals surface area (Å²) in [5, 5.41) is 3.71. The fraction of sp³-hybridized carbons (Fsp3) is 0.375. The first-order valence-electron chi connectivity index (χ1n) is 10.4. The van der Waals surface area contributed by atoms with Crippen LogP contribution in [0.25, 0.3) is 0 Å². The number of imidazole rings is 1. The molecule has 5 heteroatoms. The maximum atomic E-state index is 14.6. The Morgan fingerprint density at radius 3 is 2.72 bits per heavy atom. The minimum atomic E-state index is -0.283. The van der Waals surface area contributed by atoms with E-state index >= 15 is 0 Å². The van der Waals surface area contributed by atoms with E-state index in [1.807, 2.05) is 42.2 Å². The second kappa shape index (κ2) is 8.78. The number of nitrogens with zero attached hydrogens (tertiary/aromatic N) is 2. The van der Waals surface area contributed by atoms with E-state index in [0.29, 0.717) is 19.7 Å². The van der Waals surface area contributed by atoms with E-state index in [2.05, 4.69) is 22.4 Å². The molecule has 29 heavy (non-hydrogen) atoms. The molecule has 0 saturated heterocycles. The van der Waals surface area contributed by atoms with Crippen molar-refractivity contribution in [3.05, 3.63) is 83.7 Å². The number of nitrogens with one attached hydrogen (secondary N) is 1. The number of benzene rings is 2. The van der Waals surface area contributed by atoms with Gasteiger partial charge in [0.2, 0.25) is 0 Å². The number of ether oxygens (including phenoxy) is 1. The van der Waals surface area contributed by atoms with Gasteiger partial charge >= 0.3 is 0 Å². The molecule has 3 aromatic rings. The number of hydrogen-bond donors (Lipinski definition) is 1. The molecule has 1 fully saturated rings. The van der Waals surface area contributed by atoms with Crippen molar-refractivity contribution in [2.45, 2.75) is 51.2 Å². The van der Waals surface area contributed by atoms with Crippen molar-refractivity contribution in [3.63, 3.8) is 0 Å². The van der Waals surface area contributed by atoms with Crippen LogP contribution in [0.3, 0.4) is 0 Å². The highest BCUT2D eigenvalue weighted by Crippen LogP contribution is 2.40. The molecule has 1 aliphatic carbocycles. The van der Waals surface area contributed by atoms with Crippen molar-refractivity contribution in [2.75, 3.05) is 6.61 Å². The highest BCUT2D eigenvalue weighted by Gasteiger charge is 2.36. The van der Waals surface area contributed by atoms with Crippen LogP contribution >= 0.6 is 0 Å². The minimum Gasteiger partial charge on any atom is -0.494 e. The van der Waals surface area contributed by atoms with Crippen LogP contribution in [0, 0.1) is 5.82 Å². The molecule has 1 N–H and O–H groups in total. The molecule has 0 bridgehead atoms. The molecule has 0 atom stereocenters. The van der Waals surface area contributed by atoms with Gasteiger partial charge in [-0.1, -0.05) is 37.1 Å². The van der Waals surface area contributed by atoms with Gasteiger partial charge in [0.25, 0.3) is 0 Å². The SMILES string of the molecule is CCOc1ccc(CNC2(c3ccccc3F)CCCC2)cc1Cn1ccnc1. The van der Waals surface area contributed by atoms with Gasteiger partial charge in [0.15, 0.2) is 0 Å². The first-order valence-corrected chi connectivity index (χ1v) is 10.4. The van der Waals surface area contributed by atoms with Gasteiger partial charge in [-0.2, -0.15) is 0 Å². The average Bonchev–Trinajstić information content (AvgIpc) is 3.41. The predicted molar refractivity (Wildman–Crippen MR) is 112 cm³/mol. The molecule has 0 aliphatic heterocycles. The van der Waals surface area contributed by atoms with Gasteiger partial charge in [0.1, 0.15) is 11.6 Å². The Morgan fingerprint density at radius 1 is 1.17 bits per heavy atom. The first kappa shape index (κ1) is 19.6. The largest absolute Gasteiger partial charge is 0.494 e. The van der Waals surface area contributed by atoms with Crippen molar-refractivity contribution in [1.82, 2.24) is 14.9 Å². The lowest BCUT2D eigenvalue weighted by atomic mass is 9.87. The van der Waals surface area contributed by atoms with Gasteiger partial charge in [-0.3, -0.25) is 0 Å². The normalized spacial score (nSPS) is 15.5. The summed E-state index contributed by atoms with van der Waals surface area (Å²) in [6, 6.07) is 13.5. The summed E-state index contributed by atoms with van der Waals surface area (Å²) in [5.41, 5.74) is 2.80. The Kier molecular flexibility index (Phi) is 5.95. The molecule has 4 nitrogen and oxygen atoms in total. The first-order chi connectivity index (χ1) is 14.2. The Balaban J connectivity index is 1.56. The lowest BCUT2D eigenvalue weighted by Crippen LogP contribution is -2.40. The molecule has 0 amide bonds. The van der Waals surface area contributed by atoms with Gasteiger partial charge in [-0.05, 0) is 43.5 Å². The molecular formula is C24H28FN3O. The third kappa shape index (κ3) is 4.35. The molecule has 152 valence electrons. The Morgan fingerprint density at radius 2 is 2.00 bits per heavy atom. The Labute approximate surface area is 171 Å². The van der Waals surface area contributed by atoms with Gasteiger partial charge < -0.3 is 14.6 Å². The van der Waals surface area contributed by atoms with Gasteiger partial charge in [-0.25, -0.2) is 9.37 Å². The van der Waals surface area contributed by atoms with E-state index in [-0.39, 0.29) is 11.4 Å². The standard InChI is InChI=1S/C24H28FN3O/c1-2-29-23-10-9-19(15-20(23)17-28-14-13-26-18-28)16-27-24(11-5-6-12-24)21-7-3-4-8-22(21)25/h3-4,7-10,13-15,18,27H,2,5-6,11-12,16-17H2,1H3. The summed E-state index contributed by atoms with van der Waals surface area (Å²) in [6.45, 7) is 4.03. The van der Waals surface area contributed by atoms with Crippen LogP contribution in [0.5, 0.6) is 5.75 Å². The minimum absolute atomic E-state index is 0.116. The molecule has 1 heterocycles. The highest BCUT2D eigenvalue weighted by molar-refractivity contribution is 5.38. The van der Waals surface area contributed by atoms with E-state index in [9.17, 15) is 4.39 Å². The van der Waals surface area contributed by atoms with Gasteiger partial charge in [0.05, 0.1) is 19.5 Å². The second-order valence-corrected chi connectivity index (χ2v) is 7.73. The lowest BCUT2D eigenvalue weighted by molar-refractivity contribution is 0.324. The number of rotatable bonds is 8. The molecule has 0 radical (unpaired) electrons. The van der Waals surface area contributed by atoms with Crippen LogP contribution in [0.4, 0.5) is 4.39 Å². The maximum Gasteiger partial charge on any atom is 0.128 e. The Bertz CT molecular complexity index is 933. The molecular weight excluding hydrogens is 365 g/mol. The zero-order valence-electron chi connectivity index (χ0n) is 16.9. The zero-order chi connectivity index (χ0) is 20.1. The van der Waals surface area contributed by atoms with Gasteiger partial charge in [-0.15, -0.1) is 0 Å². The van der Waals surface area contributed by atoms with E-state index in [4.69, 9.17) is 4.74 Å². The summed E-state index contributed by atoms with van der Waals surface area (Å²) < 4.78 is 22.4. The van der Waals surface area contributed by atoms with Crippen LogP contribution in [0.15, 0.2) is 61.2 Å².